The summed E-state index contributed by atoms with van der Waals surface area (Å²) < 4.78 is 0. The van der Waals surface area contributed by atoms with Crippen LogP contribution >= 0.6 is 0 Å². The Morgan fingerprint density at radius 1 is 0.526 bits per heavy atom. The van der Waals surface area contributed by atoms with Crippen LogP contribution in [-0.4, -0.2) is 11.6 Å². The van der Waals surface area contributed by atoms with Crippen molar-refractivity contribution in [2.45, 2.75) is 6.42 Å². The highest BCUT2D eigenvalue weighted by Crippen LogP contribution is 2.89. The van der Waals surface area contributed by atoms with Gasteiger partial charge in [0, 0.05) is 23.7 Å². The molecule has 0 aromatic rings. The Morgan fingerprint density at radius 2 is 1.11 bits per heavy atom. The molecular weight excluding hydrogens is 236 g/mol. The monoisotopic (exact) mass is 252 g/mol. The fourth-order valence-electron chi connectivity index (χ4n) is 10.6. The first-order valence-corrected chi connectivity index (χ1v) is 8.38. The average molecular weight is 252 g/mol. The number of Topliss-reactive ketones (excluding diaryl/α,β-unsaturated/α-hetero) is 2. The van der Waals surface area contributed by atoms with Crippen LogP contribution in [0.25, 0.3) is 0 Å². The van der Waals surface area contributed by atoms with Crippen molar-refractivity contribution in [3.8, 4) is 0 Å². The second-order valence-corrected chi connectivity index (χ2v) is 9.09. The number of carbonyl (C=O) groups excluding carboxylic acids is 2. The van der Waals surface area contributed by atoms with Crippen LogP contribution in [0, 0.1) is 82.9 Å². The molecule has 0 saturated heterocycles. The maximum atomic E-state index is 12.9. The van der Waals surface area contributed by atoms with Crippen LogP contribution in [0.3, 0.4) is 0 Å². The van der Waals surface area contributed by atoms with Gasteiger partial charge in [0.2, 0.25) is 0 Å². The van der Waals surface area contributed by atoms with E-state index < -0.39 is 0 Å². The molecule has 8 aliphatic carbocycles. The third kappa shape index (κ3) is 0.489. The summed E-state index contributed by atoms with van der Waals surface area (Å²) in [5, 5.41) is 0. The fourth-order valence-corrected chi connectivity index (χ4v) is 10.6. The van der Waals surface area contributed by atoms with Gasteiger partial charge in [0.15, 0.2) is 0 Å². The predicted molar refractivity (Wildman–Crippen MR) is 63.5 cm³/mol. The topological polar surface area (TPSA) is 34.1 Å². The smallest absolute Gasteiger partial charge is 0.140 e. The van der Waals surface area contributed by atoms with E-state index in [4.69, 9.17) is 0 Å². The van der Waals surface area contributed by atoms with Crippen LogP contribution in [0.15, 0.2) is 0 Å². The summed E-state index contributed by atoms with van der Waals surface area (Å²) >= 11 is 0. The zero-order valence-electron chi connectivity index (χ0n) is 10.6. The van der Waals surface area contributed by atoms with Gasteiger partial charge in [-0.3, -0.25) is 9.59 Å². The normalized spacial score (nSPS) is 84.8. The van der Waals surface area contributed by atoms with Crippen molar-refractivity contribution >= 4 is 11.6 Å². The van der Waals surface area contributed by atoms with Crippen molar-refractivity contribution in [2.75, 3.05) is 0 Å². The van der Waals surface area contributed by atoms with E-state index in [0.717, 1.165) is 41.4 Å². The Hall–Kier alpha value is -0.660. The Labute approximate surface area is 111 Å². The van der Waals surface area contributed by atoms with Crippen molar-refractivity contribution < 1.29 is 9.59 Å². The Balaban J connectivity index is 1.62. The summed E-state index contributed by atoms with van der Waals surface area (Å²) in [5.74, 6) is 10.3. The lowest BCUT2D eigenvalue weighted by molar-refractivity contribution is -0.136. The highest BCUT2D eigenvalue weighted by molar-refractivity contribution is 5.96. The number of rotatable bonds is 0. The summed E-state index contributed by atoms with van der Waals surface area (Å²) in [6, 6.07) is 0. The van der Waals surface area contributed by atoms with E-state index in [1.54, 1.807) is 0 Å². The highest BCUT2D eigenvalue weighted by Gasteiger charge is 2.90. The molecule has 8 saturated carbocycles. The van der Waals surface area contributed by atoms with Gasteiger partial charge in [-0.15, -0.1) is 0 Å². The molecule has 0 aromatic heterocycles. The molecule has 2 nitrogen and oxygen atoms in total. The molecule has 96 valence electrons. The molecule has 0 aliphatic heterocycles. The summed E-state index contributed by atoms with van der Waals surface area (Å²) in [6.45, 7) is 0. The van der Waals surface area contributed by atoms with Gasteiger partial charge in [-0.05, 0) is 65.6 Å². The number of carbonyl (C=O) groups is 2. The highest BCUT2D eigenvalue weighted by atomic mass is 16.1. The van der Waals surface area contributed by atoms with Gasteiger partial charge in [0.05, 0.1) is 0 Å². The second-order valence-electron chi connectivity index (χ2n) is 9.09. The van der Waals surface area contributed by atoms with Gasteiger partial charge in [-0.25, -0.2) is 0 Å². The van der Waals surface area contributed by atoms with Crippen molar-refractivity contribution in [3.05, 3.63) is 0 Å². The first kappa shape index (κ1) is 8.59. The first-order valence-electron chi connectivity index (χ1n) is 8.38. The molecule has 0 spiro atoms. The van der Waals surface area contributed by atoms with E-state index in [0.29, 0.717) is 53.0 Å². The third-order valence-electron chi connectivity index (χ3n) is 9.82. The van der Waals surface area contributed by atoms with E-state index in [9.17, 15) is 9.59 Å². The third-order valence-corrected chi connectivity index (χ3v) is 9.82. The summed E-state index contributed by atoms with van der Waals surface area (Å²) in [4.78, 5) is 25.8. The molecular formula is C17H16O2. The Kier molecular flexibility index (Phi) is 0.896. The van der Waals surface area contributed by atoms with Gasteiger partial charge in [0.1, 0.15) is 11.6 Å². The van der Waals surface area contributed by atoms with Crippen LogP contribution in [0.5, 0.6) is 0 Å². The van der Waals surface area contributed by atoms with Gasteiger partial charge in [-0.2, -0.15) is 0 Å². The fraction of sp³-hybridized carbons (Fsp3) is 0.882. The quantitative estimate of drug-likeness (QED) is 0.650. The summed E-state index contributed by atoms with van der Waals surface area (Å²) in [5.41, 5.74) is 0. The van der Waals surface area contributed by atoms with Crippen LogP contribution in [0.4, 0.5) is 0 Å². The molecule has 0 heterocycles. The molecule has 2 heteroatoms. The van der Waals surface area contributed by atoms with E-state index >= 15 is 0 Å². The lowest BCUT2D eigenvalue weighted by Crippen LogP contribution is -2.43. The van der Waals surface area contributed by atoms with E-state index in [-0.39, 0.29) is 0 Å². The van der Waals surface area contributed by atoms with E-state index in [2.05, 4.69) is 0 Å². The molecule has 8 fully saturated rings. The second kappa shape index (κ2) is 1.98. The van der Waals surface area contributed by atoms with E-state index in [1.165, 1.54) is 6.42 Å². The molecule has 6 bridgehead atoms. The lowest BCUT2D eigenvalue weighted by Gasteiger charge is -2.40. The average Bonchev–Trinajstić information content (AvgIpc) is 3.08. The minimum atomic E-state index is 0.362. The maximum Gasteiger partial charge on any atom is 0.140 e. The molecule has 8 aliphatic rings. The predicted octanol–water partition coefficient (Wildman–Crippen LogP) is 1.25. The number of hydrogen-bond acceptors (Lipinski definition) is 2. The molecule has 8 rings (SSSR count). The SMILES string of the molecule is O=C1C2C3C4CC5C1C1C2C2C3C(=O)C3C4C5C1C32. The molecule has 0 radical (unpaired) electrons. The number of ketones is 2. The van der Waals surface area contributed by atoms with Crippen LogP contribution in [0.2, 0.25) is 0 Å². The molecule has 14 atom stereocenters. The molecule has 0 aromatic carbocycles. The van der Waals surface area contributed by atoms with Crippen molar-refractivity contribution in [1.29, 1.82) is 0 Å². The van der Waals surface area contributed by atoms with Crippen molar-refractivity contribution in [1.82, 2.24) is 0 Å². The molecule has 0 amide bonds. The molecule has 0 N–H and O–H groups in total. The summed E-state index contributed by atoms with van der Waals surface area (Å²) in [7, 11) is 0. The van der Waals surface area contributed by atoms with E-state index in [1.807, 2.05) is 0 Å². The first-order chi connectivity index (χ1) is 9.30. The minimum absolute atomic E-state index is 0.362. The van der Waals surface area contributed by atoms with Crippen molar-refractivity contribution in [3.63, 3.8) is 0 Å². The van der Waals surface area contributed by atoms with Gasteiger partial charge >= 0.3 is 0 Å². The van der Waals surface area contributed by atoms with Crippen LogP contribution in [0.1, 0.15) is 6.42 Å². The van der Waals surface area contributed by atoms with Gasteiger partial charge in [0.25, 0.3) is 0 Å². The summed E-state index contributed by atoms with van der Waals surface area (Å²) in [6.07, 6.45) is 1.34. The minimum Gasteiger partial charge on any atom is -0.299 e. The van der Waals surface area contributed by atoms with Crippen LogP contribution in [-0.2, 0) is 9.59 Å². The van der Waals surface area contributed by atoms with Crippen LogP contribution < -0.4 is 0 Å². The molecule has 14 unspecified atom stereocenters. The standard InChI is InChI=1S/C17H16O2/c18-16-7-3-1-2-5-4(3)8-9(7)11-12-10(8)13(5)17(19)15(12)6(2)14(11)16/h2-15H,1H2. The number of hydrogen-bond donors (Lipinski definition) is 0. The maximum absolute atomic E-state index is 12.9. The lowest BCUT2D eigenvalue weighted by atomic mass is 9.63. The number of fused-ring (bicyclic) bond motifs is 3. The zero-order valence-corrected chi connectivity index (χ0v) is 10.6. The van der Waals surface area contributed by atoms with Gasteiger partial charge in [-0.1, -0.05) is 0 Å². The van der Waals surface area contributed by atoms with Crippen molar-refractivity contribution in [2.24, 2.45) is 82.9 Å². The zero-order chi connectivity index (χ0) is 11.9. The Morgan fingerprint density at radius 3 is 1.89 bits per heavy atom. The largest absolute Gasteiger partial charge is 0.299 e. The molecule has 19 heavy (non-hydrogen) atoms. The Bertz CT molecular complexity index is 625. The van der Waals surface area contributed by atoms with Gasteiger partial charge < -0.3 is 0 Å².